The second kappa shape index (κ2) is 9.64. The van der Waals surface area contributed by atoms with E-state index in [9.17, 15) is 19.3 Å². The molecule has 2 N–H and O–H groups in total. The van der Waals surface area contributed by atoms with Gasteiger partial charge in [-0.2, -0.15) is 0 Å². The van der Waals surface area contributed by atoms with E-state index in [0.29, 0.717) is 34.7 Å². The van der Waals surface area contributed by atoms with Crippen LogP contribution in [0.25, 0.3) is 0 Å². The molecule has 10 heteroatoms. The fraction of sp³-hybridized carbons (Fsp3) is 0.296. The third-order valence-corrected chi connectivity index (χ3v) is 7.23. The lowest BCUT2D eigenvalue weighted by Gasteiger charge is -2.25. The summed E-state index contributed by atoms with van der Waals surface area (Å²) in [6, 6.07) is 14.5. The van der Waals surface area contributed by atoms with E-state index in [1.165, 1.54) is 12.1 Å². The number of anilines is 1. The van der Waals surface area contributed by atoms with Crippen molar-refractivity contribution in [3.8, 4) is 11.5 Å². The number of carbonyl (C=O) groups is 1. The first kappa shape index (κ1) is 25.0. The molecule has 5 rings (SSSR count). The summed E-state index contributed by atoms with van der Waals surface area (Å²) < 4.78 is 25.3. The van der Waals surface area contributed by atoms with Crippen molar-refractivity contribution in [3.63, 3.8) is 0 Å². The number of nitrogens with one attached hydrogen (secondary N) is 2. The maximum atomic E-state index is 13.6. The molecule has 1 saturated heterocycles. The number of fused-ring (bicyclic) bond motifs is 2. The van der Waals surface area contributed by atoms with Crippen molar-refractivity contribution < 1.29 is 23.6 Å². The number of carbonyl (C=O) groups excluding carboxylic acids is 1. The average Bonchev–Trinajstić information content (AvgIpc) is 3.32. The van der Waals surface area contributed by atoms with Gasteiger partial charge in [0.25, 0.3) is 11.9 Å². The van der Waals surface area contributed by atoms with Crippen molar-refractivity contribution in [1.82, 2.24) is 5.32 Å². The topological polar surface area (TPSA) is 103 Å². The maximum Gasteiger partial charge on any atom is 0.256 e. The highest BCUT2D eigenvalue weighted by atomic mass is 35.5. The first-order valence-corrected chi connectivity index (χ1v) is 12.3. The molecule has 0 aromatic heterocycles. The summed E-state index contributed by atoms with van der Waals surface area (Å²) in [5.74, 6) is -0.983. The summed E-state index contributed by atoms with van der Waals surface area (Å²) in [4.78, 5) is 25.4. The molecule has 0 radical (unpaired) electrons. The Morgan fingerprint density at radius 3 is 2.65 bits per heavy atom. The van der Waals surface area contributed by atoms with Crippen LogP contribution in [0.15, 0.2) is 60.7 Å². The van der Waals surface area contributed by atoms with Crippen molar-refractivity contribution in [2.75, 3.05) is 11.9 Å². The second-order valence-electron chi connectivity index (χ2n) is 9.18. The molecule has 1 amide bonds. The number of amides is 1. The summed E-state index contributed by atoms with van der Waals surface area (Å²) in [5.41, 5.74) is 0.713. The first-order valence-electron chi connectivity index (χ1n) is 11.9. The van der Waals surface area contributed by atoms with Crippen molar-refractivity contribution in [2.24, 2.45) is 0 Å². The Bertz CT molecular complexity index is 1390. The molecule has 3 aromatic carbocycles. The number of nitro groups is 1. The van der Waals surface area contributed by atoms with Crippen molar-refractivity contribution in [3.05, 3.63) is 98.3 Å². The van der Waals surface area contributed by atoms with E-state index in [1.807, 2.05) is 6.92 Å². The Morgan fingerprint density at radius 1 is 1.14 bits per heavy atom. The zero-order valence-electron chi connectivity index (χ0n) is 20.2. The van der Waals surface area contributed by atoms with Crippen molar-refractivity contribution in [1.29, 1.82) is 0 Å². The molecule has 0 bridgehead atoms. The monoisotopic (exact) mass is 525 g/mol. The Kier molecular flexibility index (Phi) is 6.51. The summed E-state index contributed by atoms with van der Waals surface area (Å²) >= 11 is 6.63. The molecule has 192 valence electrons. The van der Waals surface area contributed by atoms with Crippen LogP contribution < -0.4 is 20.1 Å². The van der Waals surface area contributed by atoms with E-state index >= 15 is 0 Å². The lowest BCUT2D eigenvalue weighted by atomic mass is 9.78. The third kappa shape index (κ3) is 4.18. The molecule has 1 spiro atoms. The molecule has 2 heterocycles. The molecule has 2 aliphatic rings. The molecule has 0 unspecified atom stereocenters. The van der Waals surface area contributed by atoms with Gasteiger partial charge in [0.05, 0.1) is 17.5 Å². The molecule has 4 atom stereocenters. The van der Waals surface area contributed by atoms with Gasteiger partial charge in [0, 0.05) is 22.2 Å². The van der Waals surface area contributed by atoms with Gasteiger partial charge in [-0.3, -0.25) is 20.2 Å². The number of rotatable bonds is 7. The van der Waals surface area contributed by atoms with Crippen LogP contribution in [0.5, 0.6) is 11.5 Å². The highest BCUT2D eigenvalue weighted by Crippen LogP contribution is 2.51. The van der Waals surface area contributed by atoms with Gasteiger partial charge in [-0.05, 0) is 55.3 Å². The van der Waals surface area contributed by atoms with Crippen LogP contribution in [0.4, 0.5) is 10.1 Å². The fourth-order valence-electron chi connectivity index (χ4n) is 5.52. The molecular formula is C27H25ClFN3O5. The van der Waals surface area contributed by atoms with E-state index < -0.39 is 34.4 Å². The number of nitrogens with zero attached hydrogens (tertiary/aromatic N) is 1. The predicted octanol–water partition coefficient (Wildman–Crippen LogP) is 5.03. The van der Waals surface area contributed by atoms with Crippen LogP contribution in [0, 0.1) is 15.9 Å². The molecular weight excluding hydrogens is 501 g/mol. The van der Waals surface area contributed by atoms with Gasteiger partial charge in [0.15, 0.2) is 17.0 Å². The highest BCUT2D eigenvalue weighted by Gasteiger charge is 2.67. The highest BCUT2D eigenvalue weighted by molar-refractivity contribution is 6.32. The Labute approximate surface area is 217 Å². The van der Waals surface area contributed by atoms with E-state index in [4.69, 9.17) is 21.1 Å². The molecule has 1 fully saturated rings. The zero-order valence-corrected chi connectivity index (χ0v) is 20.9. The van der Waals surface area contributed by atoms with Gasteiger partial charge in [-0.1, -0.05) is 41.9 Å². The van der Waals surface area contributed by atoms with Crippen molar-refractivity contribution >= 4 is 23.2 Å². The predicted molar refractivity (Wildman–Crippen MR) is 136 cm³/mol. The zero-order chi connectivity index (χ0) is 26.3. The van der Waals surface area contributed by atoms with Crippen LogP contribution in [0.1, 0.15) is 36.5 Å². The number of halogens is 2. The normalized spacial score (nSPS) is 24.1. The molecule has 0 aliphatic carbocycles. The van der Waals surface area contributed by atoms with E-state index in [-0.39, 0.29) is 23.2 Å². The number of benzene rings is 3. The Hall–Kier alpha value is -3.69. The second-order valence-corrected chi connectivity index (χ2v) is 9.59. The Balaban J connectivity index is 1.55. The number of para-hydroxylation sites is 1. The van der Waals surface area contributed by atoms with Gasteiger partial charge in [0.1, 0.15) is 12.4 Å². The van der Waals surface area contributed by atoms with Crippen LogP contribution in [-0.4, -0.2) is 29.5 Å². The minimum absolute atomic E-state index is 0.0515. The minimum atomic E-state index is -1.53. The van der Waals surface area contributed by atoms with E-state index in [2.05, 4.69) is 10.6 Å². The lowest BCUT2D eigenvalue weighted by molar-refractivity contribution is -0.532. The fourth-order valence-corrected chi connectivity index (χ4v) is 5.79. The molecule has 0 saturated carbocycles. The summed E-state index contributed by atoms with van der Waals surface area (Å²) in [6.07, 6.45) is 0. The van der Waals surface area contributed by atoms with Crippen LogP contribution in [-0.2, 0) is 16.9 Å². The molecule has 8 nitrogen and oxygen atoms in total. The first-order chi connectivity index (χ1) is 17.8. The van der Waals surface area contributed by atoms with Gasteiger partial charge >= 0.3 is 0 Å². The summed E-state index contributed by atoms with van der Waals surface area (Å²) in [7, 11) is 0. The quantitative estimate of drug-likeness (QED) is 0.331. The Morgan fingerprint density at radius 2 is 1.92 bits per heavy atom. The number of hydrogen-bond acceptors (Lipinski definition) is 6. The average molecular weight is 526 g/mol. The van der Waals surface area contributed by atoms with Gasteiger partial charge < -0.3 is 14.8 Å². The maximum absolute atomic E-state index is 13.6. The van der Waals surface area contributed by atoms with Crippen LogP contribution >= 0.6 is 11.6 Å². The minimum Gasteiger partial charge on any atom is -0.490 e. The van der Waals surface area contributed by atoms with Gasteiger partial charge in [0.2, 0.25) is 0 Å². The number of ether oxygens (including phenoxy) is 2. The summed E-state index contributed by atoms with van der Waals surface area (Å²) in [5, 5.41) is 18.8. The van der Waals surface area contributed by atoms with Crippen LogP contribution in [0.3, 0.4) is 0 Å². The summed E-state index contributed by atoms with van der Waals surface area (Å²) in [6.45, 7) is 3.96. The largest absolute Gasteiger partial charge is 0.490 e. The van der Waals surface area contributed by atoms with E-state index in [0.717, 1.165) is 0 Å². The van der Waals surface area contributed by atoms with E-state index in [1.54, 1.807) is 55.5 Å². The van der Waals surface area contributed by atoms with Crippen LogP contribution in [0.2, 0.25) is 5.02 Å². The van der Waals surface area contributed by atoms with Crippen molar-refractivity contribution in [2.45, 2.75) is 44.0 Å². The smallest absolute Gasteiger partial charge is 0.256 e. The molecule has 3 aromatic rings. The number of hydrogen-bond donors (Lipinski definition) is 2. The molecule has 2 aliphatic heterocycles. The SMILES string of the molecule is CCOc1cc([C@@H]2[C@H](C)N[C@@]3(C(=O)Nc4ccccc43)[C@@H]2[N+](=O)[O-])cc(Cl)c1OCc1cccc(F)c1. The molecule has 37 heavy (non-hydrogen) atoms. The van der Waals surface area contributed by atoms with Gasteiger partial charge in [-0.15, -0.1) is 0 Å². The lowest BCUT2D eigenvalue weighted by Crippen LogP contribution is -2.54. The third-order valence-electron chi connectivity index (χ3n) is 6.95. The van der Waals surface area contributed by atoms with Gasteiger partial charge in [-0.25, -0.2) is 4.39 Å². The standard InChI is InChI=1S/C27H25ClFN3O5/c1-3-36-22-13-17(12-20(28)24(22)37-14-16-7-6-8-18(29)11-16)23-15(2)31-27(25(23)32(34)35)19-9-4-5-10-21(19)30-26(27)33/h4-13,15,23,25,31H,3,14H2,1-2H3,(H,30,33)/t15-,23-,25+,27+/m0/s1.